The lowest BCUT2D eigenvalue weighted by atomic mass is 9.68. The van der Waals surface area contributed by atoms with Gasteiger partial charge in [0.25, 0.3) is 0 Å². The standard InChI is InChI=1S/C12H27P/c1-6-12(5,7-2)11(4)10(3)8-9-13/h10-11H,6-9,13H2,1-5H3. The highest BCUT2D eigenvalue weighted by Crippen LogP contribution is 2.39. The minimum absolute atomic E-state index is 0.555. The minimum Gasteiger partial charge on any atom is -0.138 e. The van der Waals surface area contributed by atoms with E-state index in [9.17, 15) is 0 Å². The second-order valence-corrected chi connectivity index (χ2v) is 5.28. The van der Waals surface area contributed by atoms with Crippen LogP contribution in [0.25, 0.3) is 0 Å². The van der Waals surface area contributed by atoms with Gasteiger partial charge >= 0.3 is 0 Å². The molecule has 0 aliphatic rings. The fourth-order valence-electron chi connectivity index (χ4n) is 2.09. The predicted octanol–water partition coefficient (Wildman–Crippen LogP) is 4.35. The number of hydrogen-bond acceptors (Lipinski definition) is 0. The molecule has 0 aromatic heterocycles. The van der Waals surface area contributed by atoms with Gasteiger partial charge in [-0.2, -0.15) is 0 Å². The van der Waals surface area contributed by atoms with Gasteiger partial charge in [-0.3, -0.25) is 0 Å². The van der Waals surface area contributed by atoms with E-state index in [2.05, 4.69) is 43.9 Å². The third-order valence-corrected chi connectivity index (χ3v) is 4.52. The van der Waals surface area contributed by atoms with Crippen LogP contribution in [-0.4, -0.2) is 6.16 Å². The Morgan fingerprint density at radius 3 is 1.92 bits per heavy atom. The van der Waals surface area contributed by atoms with Crippen LogP contribution < -0.4 is 0 Å². The number of hydrogen-bond donors (Lipinski definition) is 0. The van der Waals surface area contributed by atoms with E-state index in [0.717, 1.165) is 11.8 Å². The molecule has 0 N–H and O–H groups in total. The lowest BCUT2D eigenvalue weighted by molar-refractivity contribution is 0.128. The molecule has 3 unspecified atom stereocenters. The highest BCUT2D eigenvalue weighted by atomic mass is 31.0. The lowest BCUT2D eigenvalue weighted by Gasteiger charge is -2.37. The van der Waals surface area contributed by atoms with Crippen LogP contribution in [0.5, 0.6) is 0 Å². The second kappa shape index (κ2) is 6.02. The van der Waals surface area contributed by atoms with Crippen LogP contribution in [0.15, 0.2) is 0 Å². The van der Waals surface area contributed by atoms with Crippen LogP contribution in [0.3, 0.4) is 0 Å². The molecule has 0 radical (unpaired) electrons. The first kappa shape index (κ1) is 13.4. The monoisotopic (exact) mass is 202 g/mol. The van der Waals surface area contributed by atoms with Gasteiger partial charge in [0, 0.05) is 0 Å². The zero-order chi connectivity index (χ0) is 10.5. The first-order valence-corrected chi connectivity index (χ1v) is 6.53. The first-order valence-electron chi connectivity index (χ1n) is 5.71. The maximum Gasteiger partial charge on any atom is -0.0303 e. The van der Waals surface area contributed by atoms with E-state index < -0.39 is 0 Å². The van der Waals surface area contributed by atoms with Crippen LogP contribution in [0, 0.1) is 17.3 Å². The molecule has 13 heavy (non-hydrogen) atoms. The topological polar surface area (TPSA) is 0 Å². The summed E-state index contributed by atoms with van der Waals surface area (Å²) in [6.45, 7) is 11.9. The SMILES string of the molecule is CCC(C)(CC)C(C)C(C)CCP. The fraction of sp³-hybridized carbons (Fsp3) is 1.00. The minimum atomic E-state index is 0.555. The van der Waals surface area contributed by atoms with Crippen LogP contribution in [0.4, 0.5) is 0 Å². The zero-order valence-corrected chi connectivity index (χ0v) is 11.2. The smallest absolute Gasteiger partial charge is 0.0303 e. The van der Waals surface area contributed by atoms with E-state index >= 15 is 0 Å². The summed E-state index contributed by atoms with van der Waals surface area (Å²) in [6.07, 6.45) is 5.22. The van der Waals surface area contributed by atoms with E-state index in [1.807, 2.05) is 0 Å². The van der Waals surface area contributed by atoms with Crippen molar-refractivity contribution in [2.75, 3.05) is 6.16 Å². The molecule has 3 atom stereocenters. The van der Waals surface area contributed by atoms with Gasteiger partial charge in [-0.15, -0.1) is 9.24 Å². The van der Waals surface area contributed by atoms with Gasteiger partial charge in [-0.05, 0) is 29.8 Å². The summed E-state index contributed by atoms with van der Waals surface area (Å²) in [5.74, 6) is 1.71. The molecule has 0 spiro atoms. The Morgan fingerprint density at radius 2 is 1.62 bits per heavy atom. The molecule has 0 aliphatic heterocycles. The van der Waals surface area contributed by atoms with Crippen molar-refractivity contribution in [2.45, 2.75) is 53.9 Å². The van der Waals surface area contributed by atoms with Gasteiger partial charge in [0.15, 0.2) is 0 Å². The van der Waals surface area contributed by atoms with Crippen molar-refractivity contribution in [1.29, 1.82) is 0 Å². The average molecular weight is 202 g/mol. The van der Waals surface area contributed by atoms with Crippen molar-refractivity contribution in [3.8, 4) is 0 Å². The first-order chi connectivity index (χ1) is 6.01. The van der Waals surface area contributed by atoms with Crippen LogP contribution in [0.2, 0.25) is 0 Å². The summed E-state index contributed by atoms with van der Waals surface area (Å²) in [6, 6.07) is 0. The molecule has 0 saturated heterocycles. The van der Waals surface area contributed by atoms with Gasteiger partial charge in [0.05, 0.1) is 0 Å². The third kappa shape index (κ3) is 3.58. The summed E-state index contributed by atoms with van der Waals surface area (Å²) in [5, 5.41) is 0. The van der Waals surface area contributed by atoms with Gasteiger partial charge in [0.1, 0.15) is 0 Å². The van der Waals surface area contributed by atoms with Crippen molar-refractivity contribution >= 4 is 9.24 Å². The van der Waals surface area contributed by atoms with Crippen molar-refractivity contribution in [3.05, 3.63) is 0 Å². The largest absolute Gasteiger partial charge is 0.138 e. The van der Waals surface area contributed by atoms with Crippen LogP contribution in [-0.2, 0) is 0 Å². The average Bonchev–Trinajstić information content (AvgIpc) is 2.16. The quantitative estimate of drug-likeness (QED) is 0.562. The van der Waals surface area contributed by atoms with Crippen molar-refractivity contribution in [2.24, 2.45) is 17.3 Å². The Balaban J connectivity index is 4.27. The van der Waals surface area contributed by atoms with Gasteiger partial charge < -0.3 is 0 Å². The summed E-state index contributed by atoms with van der Waals surface area (Å²) >= 11 is 0. The third-order valence-electron chi connectivity index (χ3n) is 4.19. The Morgan fingerprint density at radius 1 is 1.15 bits per heavy atom. The highest BCUT2D eigenvalue weighted by molar-refractivity contribution is 7.16. The summed E-state index contributed by atoms with van der Waals surface area (Å²) in [4.78, 5) is 0. The molecule has 0 heterocycles. The van der Waals surface area contributed by atoms with Crippen molar-refractivity contribution in [1.82, 2.24) is 0 Å². The maximum absolute atomic E-state index is 2.84. The molecule has 0 aliphatic carbocycles. The molecule has 0 aromatic carbocycles. The van der Waals surface area contributed by atoms with Crippen molar-refractivity contribution < 1.29 is 0 Å². The lowest BCUT2D eigenvalue weighted by Crippen LogP contribution is -2.29. The normalized spacial score (nSPS) is 17.1. The van der Waals surface area contributed by atoms with E-state index in [1.165, 1.54) is 25.4 Å². The Hall–Kier alpha value is 0.430. The Bertz CT molecular complexity index is 127. The molecule has 1 heteroatoms. The summed E-state index contributed by atoms with van der Waals surface area (Å²) in [7, 11) is 2.84. The second-order valence-electron chi connectivity index (χ2n) is 4.70. The molecule has 0 fully saturated rings. The molecule has 0 nitrogen and oxygen atoms in total. The molecular weight excluding hydrogens is 175 g/mol. The van der Waals surface area contributed by atoms with Gasteiger partial charge in [-0.25, -0.2) is 0 Å². The van der Waals surface area contributed by atoms with Crippen molar-refractivity contribution in [3.63, 3.8) is 0 Å². The fourth-order valence-corrected chi connectivity index (χ4v) is 2.62. The predicted molar refractivity (Wildman–Crippen MR) is 66.2 cm³/mol. The van der Waals surface area contributed by atoms with Gasteiger partial charge in [-0.1, -0.05) is 47.5 Å². The highest BCUT2D eigenvalue weighted by Gasteiger charge is 2.30. The molecule has 80 valence electrons. The molecule has 0 bridgehead atoms. The van der Waals surface area contributed by atoms with E-state index in [-0.39, 0.29) is 0 Å². The molecule has 0 amide bonds. The maximum atomic E-state index is 2.84. The van der Waals surface area contributed by atoms with Crippen LogP contribution in [0.1, 0.15) is 53.9 Å². The molecular formula is C12H27P. The summed E-state index contributed by atoms with van der Waals surface area (Å²) in [5.41, 5.74) is 0.555. The van der Waals surface area contributed by atoms with Crippen LogP contribution >= 0.6 is 9.24 Å². The Kier molecular flexibility index (Phi) is 6.21. The molecule has 0 aromatic rings. The van der Waals surface area contributed by atoms with E-state index in [4.69, 9.17) is 0 Å². The summed E-state index contributed by atoms with van der Waals surface area (Å²) < 4.78 is 0. The Labute approximate surface area is 87.1 Å². The molecule has 0 rings (SSSR count). The zero-order valence-electron chi connectivity index (χ0n) is 10.1. The van der Waals surface area contributed by atoms with E-state index in [0.29, 0.717) is 5.41 Å². The van der Waals surface area contributed by atoms with E-state index in [1.54, 1.807) is 0 Å². The number of rotatable bonds is 6. The molecule has 0 saturated carbocycles. The van der Waals surface area contributed by atoms with Gasteiger partial charge in [0.2, 0.25) is 0 Å².